The van der Waals surface area contributed by atoms with Crippen LogP contribution in [0.5, 0.6) is 0 Å². The Morgan fingerprint density at radius 2 is 1.53 bits per heavy atom. The summed E-state index contributed by atoms with van der Waals surface area (Å²) in [4.78, 5) is 0. The van der Waals surface area contributed by atoms with Crippen molar-refractivity contribution in [2.45, 2.75) is 26.2 Å². The van der Waals surface area contributed by atoms with Gasteiger partial charge in [0.1, 0.15) is 18.9 Å². The first-order chi connectivity index (χ1) is 8.02. The van der Waals surface area contributed by atoms with E-state index in [1.807, 2.05) is 12.2 Å². The number of nitrogens with one attached hydrogen (secondary N) is 2. The van der Waals surface area contributed by atoms with E-state index in [1.165, 1.54) is 0 Å². The minimum Gasteiger partial charge on any atom is -0.391 e. The standard InChI is InChI=1S/C13H28N3O/c1-6-8-14-12(3)16(5,10-11-17)13(4)15-9-7-2/h6-7,12-15,17H,1-2,8-11H2,3-5H3/q+1. The molecule has 2 unspecified atom stereocenters. The van der Waals surface area contributed by atoms with E-state index in [9.17, 15) is 5.11 Å². The van der Waals surface area contributed by atoms with Gasteiger partial charge in [0, 0.05) is 26.9 Å². The first-order valence-corrected chi connectivity index (χ1v) is 6.17. The number of rotatable bonds is 10. The van der Waals surface area contributed by atoms with E-state index in [4.69, 9.17) is 0 Å². The second kappa shape index (κ2) is 8.42. The lowest BCUT2D eigenvalue weighted by atomic mass is 10.2. The molecule has 0 aromatic rings. The predicted molar refractivity (Wildman–Crippen MR) is 73.5 cm³/mol. The summed E-state index contributed by atoms with van der Waals surface area (Å²) in [6.45, 7) is 14.1. The molecule has 0 saturated carbocycles. The normalized spacial score (nSPS) is 18.1. The number of nitrogens with zero attached hydrogens (tertiary/aromatic N) is 1. The Bertz CT molecular complexity index is 213. The van der Waals surface area contributed by atoms with Crippen molar-refractivity contribution >= 4 is 0 Å². The molecule has 3 N–H and O–H groups in total. The van der Waals surface area contributed by atoms with Crippen molar-refractivity contribution in [1.82, 2.24) is 10.6 Å². The maximum Gasteiger partial charge on any atom is 0.141 e. The molecule has 0 rings (SSSR count). The monoisotopic (exact) mass is 242 g/mol. The topological polar surface area (TPSA) is 44.3 Å². The fourth-order valence-corrected chi connectivity index (χ4v) is 1.86. The van der Waals surface area contributed by atoms with Crippen LogP contribution in [0.15, 0.2) is 25.3 Å². The van der Waals surface area contributed by atoms with E-state index in [2.05, 4.69) is 44.7 Å². The van der Waals surface area contributed by atoms with Crippen LogP contribution in [0.25, 0.3) is 0 Å². The zero-order chi connectivity index (χ0) is 13.3. The van der Waals surface area contributed by atoms with Crippen LogP contribution in [0.4, 0.5) is 0 Å². The Hall–Kier alpha value is -0.680. The van der Waals surface area contributed by atoms with Gasteiger partial charge in [0.05, 0.1) is 13.7 Å². The Morgan fingerprint density at radius 1 is 1.12 bits per heavy atom. The van der Waals surface area contributed by atoms with Gasteiger partial charge in [0.2, 0.25) is 0 Å². The van der Waals surface area contributed by atoms with Crippen molar-refractivity contribution in [3.8, 4) is 0 Å². The second-order valence-corrected chi connectivity index (χ2v) is 4.54. The first-order valence-electron chi connectivity index (χ1n) is 6.17. The maximum absolute atomic E-state index is 9.24. The molecule has 0 fully saturated rings. The van der Waals surface area contributed by atoms with Gasteiger partial charge in [0.25, 0.3) is 0 Å². The molecule has 0 aliphatic carbocycles. The molecular formula is C13H28N3O+. The number of hydrogen-bond donors (Lipinski definition) is 3. The molecule has 2 atom stereocenters. The maximum atomic E-state index is 9.24. The average molecular weight is 242 g/mol. The van der Waals surface area contributed by atoms with E-state index in [0.29, 0.717) is 6.54 Å². The molecule has 0 saturated heterocycles. The Labute approximate surface area is 106 Å². The van der Waals surface area contributed by atoms with Crippen molar-refractivity contribution < 1.29 is 9.59 Å². The fourth-order valence-electron chi connectivity index (χ4n) is 1.86. The zero-order valence-electron chi connectivity index (χ0n) is 11.4. The SMILES string of the molecule is C=CCNC(C)[N+](C)(CCO)C(C)NCC=C. The minimum atomic E-state index is 0.177. The highest BCUT2D eigenvalue weighted by Crippen LogP contribution is 2.12. The Balaban J connectivity index is 4.60. The third-order valence-electron chi connectivity index (χ3n) is 3.47. The quantitative estimate of drug-likeness (QED) is 0.300. The zero-order valence-corrected chi connectivity index (χ0v) is 11.4. The summed E-state index contributed by atoms with van der Waals surface area (Å²) in [5, 5.41) is 16.0. The minimum absolute atomic E-state index is 0.177. The lowest BCUT2D eigenvalue weighted by Gasteiger charge is -2.44. The van der Waals surface area contributed by atoms with E-state index in [1.54, 1.807) is 0 Å². The summed E-state index contributed by atoms with van der Waals surface area (Å²) in [7, 11) is 2.14. The Morgan fingerprint density at radius 3 is 1.82 bits per heavy atom. The van der Waals surface area contributed by atoms with E-state index in [0.717, 1.165) is 17.6 Å². The van der Waals surface area contributed by atoms with Crippen LogP contribution in [0.3, 0.4) is 0 Å². The van der Waals surface area contributed by atoms with Crippen LogP contribution in [-0.4, -0.2) is 55.2 Å². The van der Waals surface area contributed by atoms with E-state index >= 15 is 0 Å². The molecular weight excluding hydrogens is 214 g/mol. The van der Waals surface area contributed by atoms with Gasteiger partial charge in [-0.25, -0.2) is 0 Å². The third-order valence-corrected chi connectivity index (χ3v) is 3.47. The van der Waals surface area contributed by atoms with Crippen molar-refractivity contribution in [2.24, 2.45) is 0 Å². The molecule has 4 nitrogen and oxygen atoms in total. The van der Waals surface area contributed by atoms with Gasteiger partial charge in [0.15, 0.2) is 0 Å². The van der Waals surface area contributed by atoms with E-state index in [-0.39, 0.29) is 18.9 Å². The van der Waals surface area contributed by atoms with Gasteiger partial charge in [-0.05, 0) is 0 Å². The molecule has 0 radical (unpaired) electrons. The third kappa shape index (κ3) is 5.00. The molecule has 0 aliphatic rings. The molecule has 0 bridgehead atoms. The summed E-state index contributed by atoms with van der Waals surface area (Å²) in [6, 6.07) is 0. The molecule has 0 aliphatic heterocycles. The summed E-state index contributed by atoms with van der Waals surface area (Å²) in [5.74, 6) is 0. The summed E-state index contributed by atoms with van der Waals surface area (Å²) in [5.41, 5.74) is 0. The van der Waals surface area contributed by atoms with Crippen molar-refractivity contribution in [3.63, 3.8) is 0 Å². The number of likely N-dealkylation sites (N-methyl/N-ethyl adjacent to an activating group) is 1. The summed E-state index contributed by atoms with van der Waals surface area (Å²) < 4.78 is 0.720. The number of aliphatic hydroxyl groups is 1. The van der Waals surface area contributed by atoms with Gasteiger partial charge in [-0.2, -0.15) is 0 Å². The van der Waals surface area contributed by atoms with Crippen molar-refractivity contribution in [3.05, 3.63) is 25.3 Å². The van der Waals surface area contributed by atoms with Crippen LogP contribution in [0.1, 0.15) is 13.8 Å². The molecule has 0 spiro atoms. The lowest BCUT2D eigenvalue weighted by Crippen LogP contribution is -2.66. The first kappa shape index (κ1) is 16.3. The molecule has 4 heteroatoms. The van der Waals surface area contributed by atoms with Crippen LogP contribution in [0.2, 0.25) is 0 Å². The van der Waals surface area contributed by atoms with Crippen molar-refractivity contribution in [2.75, 3.05) is 33.3 Å². The van der Waals surface area contributed by atoms with Gasteiger partial charge in [-0.1, -0.05) is 12.2 Å². The molecule has 0 aromatic heterocycles. The second-order valence-electron chi connectivity index (χ2n) is 4.54. The van der Waals surface area contributed by atoms with Crippen LogP contribution < -0.4 is 10.6 Å². The molecule has 100 valence electrons. The van der Waals surface area contributed by atoms with Crippen LogP contribution >= 0.6 is 0 Å². The summed E-state index contributed by atoms with van der Waals surface area (Å²) in [6.07, 6.45) is 4.18. The smallest absolute Gasteiger partial charge is 0.141 e. The highest BCUT2D eigenvalue weighted by Gasteiger charge is 2.33. The number of quaternary nitrogens is 1. The van der Waals surface area contributed by atoms with Gasteiger partial charge in [-0.3, -0.25) is 15.1 Å². The number of hydrogen-bond acceptors (Lipinski definition) is 3. The van der Waals surface area contributed by atoms with Crippen molar-refractivity contribution in [1.29, 1.82) is 0 Å². The average Bonchev–Trinajstić information content (AvgIpc) is 2.32. The molecule has 0 heterocycles. The predicted octanol–water partition coefficient (Wildman–Crippen LogP) is 0.669. The highest BCUT2D eigenvalue weighted by molar-refractivity contribution is 4.73. The number of aliphatic hydroxyl groups excluding tert-OH is 1. The van der Waals surface area contributed by atoms with Gasteiger partial charge >= 0.3 is 0 Å². The van der Waals surface area contributed by atoms with Gasteiger partial charge < -0.3 is 5.11 Å². The van der Waals surface area contributed by atoms with E-state index < -0.39 is 0 Å². The largest absolute Gasteiger partial charge is 0.391 e. The van der Waals surface area contributed by atoms with Gasteiger partial charge in [-0.15, -0.1) is 13.2 Å². The Kier molecular flexibility index (Phi) is 8.08. The highest BCUT2D eigenvalue weighted by atomic mass is 16.3. The lowest BCUT2D eigenvalue weighted by molar-refractivity contribution is -0.958. The summed E-state index contributed by atoms with van der Waals surface area (Å²) >= 11 is 0. The molecule has 0 amide bonds. The van der Waals surface area contributed by atoms with Crippen LogP contribution in [-0.2, 0) is 0 Å². The van der Waals surface area contributed by atoms with Crippen LogP contribution in [0, 0.1) is 0 Å². The molecule has 17 heavy (non-hydrogen) atoms. The molecule has 0 aromatic carbocycles. The fraction of sp³-hybridized carbons (Fsp3) is 0.692.